The molecule has 112 valence electrons. The number of amides is 1. The van der Waals surface area contributed by atoms with Gasteiger partial charge in [-0.25, -0.2) is 0 Å². The van der Waals surface area contributed by atoms with Crippen molar-refractivity contribution in [1.29, 1.82) is 0 Å². The number of aromatic nitrogens is 2. The summed E-state index contributed by atoms with van der Waals surface area (Å²) < 4.78 is 1.81. The van der Waals surface area contributed by atoms with Crippen LogP contribution < -0.4 is 10.6 Å². The zero-order chi connectivity index (χ0) is 15.4. The highest BCUT2D eigenvalue weighted by atomic mass is 16.1. The fraction of sp³-hybridized carbons (Fsp3) is 0.375. The van der Waals surface area contributed by atoms with Gasteiger partial charge in [0.05, 0.1) is 17.4 Å². The molecule has 0 saturated carbocycles. The van der Waals surface area contributed by atoms with E-state index >= 15 is 0 Å². The van der Waals surface area contributed by atoms with Gasteiger partial charge in [0.1, 0.15) is 0 Å². The van der Waals surface area contributed by atoms with Gasteiger partial charge in [0.15, 0.2) is 0 Å². The van der Waals surface area contributed by atoms with Crippen molar-refractivity contribution < 1.29 is 4.79 Å². The molecule has 0 radical (unpaired) electrons. The molecule has 0 aliphatic heterocycles. The minimum absolute atomic E-state index is 0.137. The lowest BCUT2D eigenvalue weighted by molar-refractivity contribution is 0.102. The molecular weight excluding hydrogens is 264 g/mol. The van der Waals surface area contributed by atoms with Gasteiger partial charge in [0.2, 0.25) is 0 Å². The van der Waals surface area contributed by atoms with Gasteiger partial charge >= 0.3 is 0 Å². The van der Waals surface area contributed by atoms with Crippen LogP contribution in [0.25, 0.3) is 0 Å². The number of rotatable bonds is 5. The summed E-state index contributed by atoms with van der Waals surface area (Å²) in [4.78, 5) is 12.4. The number of anilines is 2. The molecule has 1 aromatic carbocycles. The summed E-state index contributed by atoms with van der Waals surface area (Å²) in [5, 5.41) is 10.4. The van der Waals surface area contributed by atoms with Crippen molar-refractivity contribution in [2.24, 2.45) is 0 Å². The van der Waals surface area contributed by atoms with E-state index in [1.54, 1.807) is 6.20 Å². The lowest BCUT2D eigenvalue weighted by Gasteiger charge is -2.14. The van der Waals surface area contributed by atoms with Gasteiger partial charge in [-0.3, -0.25) is 9.48 Å². The molecule has 0 unspecified atom stereocenters. The molecule has 1 aromatic heterocycles. The maximum absolute atomic E-state index is 12.4. The van der Waals surface area contributed by atoms with E-state index in [4.69, 9.17) is 0 Å². The highest BCUT2D eigenvalue weighted by Gasteiger charge is 2.13. The first kappa shape index (κ1) is 15.1. The Morgan fingerprint density at radius 3 is 2.52 bits per heavy atom. The quantitative estimate of drug-likeness (QED) is 0.884. The molecule has 2 N–H and O–H groups in total. The van der Waals surface area contributed by atoms with Gasteiger partial charge in [-0.05, 0) is 39.8 Å². The number of benzene rings is 1. The Morgan fingerprint density at radius 1 is 1.19 bits per heavy atom. The molecular formula is C16H22N4O. The zero-order valence-corrected chi connectivity index (χ0v) is 12.9. The molecule has 0 saturated heterocycles. The van der Waals surface area contributed by atoms with E-state index in [-0.39, 0.29) is 18.0 Å². The predicted octanol–water partition coefficient (Wildman–Crippen LogP) is 3.54. The largest absolute Gasteiger partial charge is 0.382 e. The van der Waals surface area contributed by atoms with Crippen molar-refractivity contribution in [2.75, 3.05) is 10.6 Å². The van der Waals surface area contributed by atoms with E-state index in [0.29, 0.717) is 11.3 Å². The second kappa shape index (κ2) is 6.43. The third kappa shape index (κ3) is 3.84. The van der Waals surface area contributed by atoms with Crippen LogP contribution in [0, 0.1) is 0 Å². The van der Waals surface area contributed by atoms with Gasteiger partial charge in [0.25, 0.3) is 5.91 Å². The molecule has 0 aliphatic carbocycles. The van der Waals surface area contributed by atoms with E-state index < -0.39 is 0 Å². The third-order valence-corrected chi connectivity index (χ3v) is 3.00. The Balaban J connectivity index is 2.16. The highest BCUT2D eigenvalue weighted by molar-refractivity contribution is 6.07. The molecule has 0 spiro atoms. The maximum atomic E-state index is 12.4. The van der Waals surface area contributed by atoms with Gasteiger partial charge in [-0.1, -0.05) is 12.1 Å². The van der Waals surface area contributed by atoms with Crippen LogP contribution in [0.3, 0.4) is 0 Å². The number of nitrogens with zero attached hydrogens (tertiary/aromatic N) is 2. The van der Waals surface area contributed by atoms with Crippen LogP contribution in [0.15, 0.2) is 36.7 Å². The Labute approximate surface area is 125 Å². The minimum Gasteiger partial charge on any atom is -0.382 e. The number of carbonyl (C=O) groups excluding carboxylic acids is 1. The summed E-state index contributed by atoms with van der Waals surface area (Å²) in [5.74, 6) is -0.137. The first-order valence-electron chi connectivity index (χ1n) is 7.18. The summed E-state index contributed by atoms with van der Waals surface area (Å²) >= 11 is 0. The number of carbonyl (C=O) groups is 1. The van der Waals surface area contributed by atoms with Gasteiger partial charge in [-0.15, -0.1) is 0 Å². The molecule has 0 aliphatic rings. The first-order valence-corrected chi connectivity index (χ1v) is 7.18. The summed E-state index contributed by atoms with van der Waals surface area (Å²) in [6.07, 6.45) is 3.50. The number of hydrogen-bond acceptors (Lipinski definition) is 3. The molecule has 0 bridgehead atoms. The highest BCUT2D eigenvalue weighted by Crippen LogP contribution is 2.18. The van der Waals surface area contributed by atoms with Gasteiger partial charge in [0, 0.05) is 24.0 Å². The Morgan fingerprint density at radius 2 is 1.90 bits per heavy atom. The van der Waals surface area contributed by atoms with Crippen LogP contribution in [0.5, 0.6) is 0 Å². The van der Waals surface area contributed by atoms with Crippen molar-refractivity contribution in [3.63, 3.8) is 0 Å². The molecule has 0 atom stereocenters. The SMILES string of the molecule is CC(C)Nc1ccccc1C(=O)Nc1cnn(C(C)C)c1. The molecule has 1 heterocycles. The van der Waals surface area contributed by atoms with E-state index in [9.17, 15) is 4.79 Å². The van der Waals surface area contributed by atoms with Crippen LogP contribution >= 0.6 is 0 Å². The van der Waals surface area contributed by atoms with E-state index in [0.717, 1.165) is 5.69 Å². The molecule has 5 heteroatoms. The summed E-state index contributed by atoms with van der Waals surface area (Å²) in [6.45, 7) is 8.17. The number of nitrogens with one attached hydrogen (secondary N) is 2. The van der Waals surface area contributed by atoms with Gasteiger partial charge in [-0.2, -0.15) is 5.10 Å². The van der Waals surface area contributed by atoms with Crippen LogP contribution in [-0.4, -0.2) is 21.7 Å². The molecule has 2 aromatic rings. The number of para-hydroxylation sites is 1. The van der Waals surface area contributed by atoms with E-state index in [1.807, 2.05) is 62.8 Å². The summed E-state index contributed by atoms with van der Waals surface area (Å²) in [6, 6.07) is 8.03. The summed E-state index contributed by atoms with van der Waals surface area (Å²) in [7, 11) is 0. The van der Waals surface area contributed by atoms with Crippen LogP contribution in [-0.2, 0) is 0 Å². The van der Waals surface area contributed by atoms with Crippen molar-refractivity contribution in [1.82, 2.24) is 9.78 Å². The average molecular weight is 286 g/mol. The lowest BCUT2D eigenvalue weighted by atomic mass is 10.1. The standard InChI is InChI=1S/C16H22N4O/c1-11(2)18-15-8-6-5-7-14(15)16(21)19-13-9-17-20(10-13)12(3)4/h5-12,18H,1-4H3,(H,19,21). The molecule has 2 rings (SSSR count). The summed E-state index contributed by atoms with van der Waals surface area (Å²) in [5.41, 5.74) is 2.16. The molecule has 0 fully saturated rings. The maximum Gasteiger partial charge on any atom is 0.257 e. The molecule has 1 amide bonds. The smallest absolute Gasteiger partial charge is 0.257 e. The monoisotopic (exact) mass is 286 g/mol. The normalized spacial score (nSPS) is 11.0. The van der Waals surface area contributed by atoms with Crippen molar-refractivity contribution >= 4 is 17.3 Å². The molecule has 5 nitrogen and oxygen atoms in total. The van der Waals surface area contributed by atoms with Crippen LogP contribution in [0.4, 0.5) is 11.4 Å². The topological polar surface area (TPSA) is 59.0 Å². The van der Waals surface area contributed by atoms with Crippen molar-refractivity contribution in [3.05, 3.63) is 42.2 Å². The van der Waals surface area contributed by atoms with E-state index in [2.05, 4.69) is 15.7 Å². The fourth-order valence-electron chi connectivity index (χ4n) is 2.00. The first-order chi connectivity index (χ1) is 9.97. The average Bonchev–Trinajstić information content (AvgIpc) is 2.87. The zero-order valence-electron chi connectivity index (χ0n) is 12.9. The Hall–Kier alpha value is -2.30. The Bertz CT molecular complexity index is 616. The number of hydrogen-bond donors (Lipinski definition) is 2. The fourth-order valence-corrected chi connectivity index (χ4v) is 2.00. The van der Waals surface area contributed by atoms with Gasteiger partial charge < -0.3 is 10.6 Å². The minimum atomic E-state index is -0.137. The van der Waals surface area contributed by atoms with Crippen LogP contribution in [0.2, 0.25) is 0 Å². The second-order valence-electron chi connectivity index (χ2n) is 5.60. The van der Waals surface area contributed by atoms with Crippen molar-refractivity contribution in [2.45, 2.75) is 39.8 Å². The second-order valence-corrected chi connectivity index (χ2v) is 5.60. The molecule has 21 heavy (non-hydrogen) atoms. The third-order valence-electron chi connectivity index (χ3n) is 3.00. The lowest BCUT2D eigenvalue weighted by Crippen LogP contribution is -2.17. The van der Waals surface area contributed by atoms with E-state index in [1.165, 1.54) is 0 Å². The van der Waals surface area contributed by atoms with Crippen LogP contribution in [0.1, 0.15) is 44.1 Å². The van der Waals surface area contributed by atoms with Crippen molar-refractivity contribution in [3.8, 4) is 0 Å². The predicted molar refractivity (Wildman–Crippen MR) is 85.8 cm³/mol. The Kier molecular flexibility index (Phi) is 4.62.